The Bertz CT molecular complexity index is 601. The van der Waals surface area contributed by atoms with Crippen LogP contribution in [-0.2, 0) is 6.42 Å². The van der Waals surface area contributed by atoms with E-state index in [4.69, 9.17) is 4.74 Å². The number of rotatable bonds is 6. The first kappa shape index (κ1) is 16.0. The third-order valence-corrected chi connectivity index (χ3v) is 4.17. The molecule has 3 nitrogen and oxygen atoms in total. The van der Waals surface area contributed by atoms with Gasteiger partial charge in [0.15, 0.2) is 0 Å². The van der Waals surface area contributed by atoms with E-state index >= 15 is 0 Å². The molecule has 2 rings (SSSR count). The van der Waals surface area contributed by atoms with E-state index in [1.807, 2.05) is 25.1 Å². The van der Waals surface area contributed by atoms with Crippen molar-refractivity contribution in [2.75, 3.05) is 13.7 Å². The van der Waals surface area contributed by atoms with Crippen molar-refractivity contribution in [2.24, 2.45) is 0 Å². The Balaban J connectivity index is 2.28. The van der Waals surface area contributed by atoms with Gasteiger partial charge in [0, 0.05) is 10.2 Å². The molecule has 0 amide bonds. The zero-order valence-electron chi connectivity index (χ0n) is 12.7. The Kier molecular flexibility index (Phi) is 5.76. The summed E-state index contributed by atoms with van der Waals surface area (Å²) in [6.45, 7) is 5.04. The summed E-state index contributed by atoms with van der Waals surface area (Å²) in [5.74, 6) is 0.876. The molecule has 0 aliphatic carbocycles. The van der Waals surface area contributed by atoms with E-state index in [9.17, 15) is 0 Å². The number of aromatic nitrogens is 1. The largest absolute Gasteiger partial charge is 0.497 e. The molecule has 1 unspecified atom stereocenters. The topological polar surface area (TPSA) is 34.1 Å². The number of aryl methyl sites for hydroxylation is 1. The number of benzene rings is 1. The average molecular weight is 349 g/mol. The van der Waals surface area contributed by atoms with Crippen LogP contribution in [0.25, 0.3) is 0 Å². The average Bonchev–Trinajstić information content (AvgIpc) is 2.49. The maximum atomic E-state index is 5.32. The van der Waals surface area contributed by atoms with Crippen molar-refractivity contribution in [3.05, 3.63) is 57.8 Å². The number of ether oxygens (including phenoxy) is 1. The molecule has 1 N–H and O–H groups in total. The van der Waals surface area contributed by atoms with Gasteiger partial charge in [-0.3, -0.25) is 4.98 Å². The maximum absolute atomic E-state index is 5.32. The van der Waals surface area contributed by atoms with Crippen LogP contribution in [0.4, 0.5) is 0 Å². The summed E-state index contributed by atoms with van der Waals surface area (Å²) in [5, 5.41) is 3.52. The number of likely N-dealkylation sites (N-methyl/N-ethyl adjacent to an activating group) is 1. The molecule has 2 aromatic rings. The molecule has 1 aromatic heterocycles. The Morgan fingerprint density at radius 3 is 2.76 bits per heavy atom. The summed E-state index contributed by atoms with van der Waals surface area (Å²) in [7, 11) is 1.69. The second-order valence-corrected chi connectivity index (χ2v) is 5.83. The summed E-state index contributed by atoms with van der Waals surface area (Å²) in [4.78, 5) is 4.65. The molecule has 0 radical (unpaired) electrons. The minimum atomic E-state index is 0.193. The summed E-state index contributed by atoms with van der Waals surface area (Å²) >= 11 is 3.62. The summed E-state index contributed by atoms with van der Waals surface area (Å²) in [6.07, 6.45) is 0.863. The lowest BCUT2D eigenvalue weighted by molar-refractivity contribution is 0.413. The van der Waals surface area contributed by atoms with Crippen molar-refractivity contribution in [3.8, 4) is 5.75 Å². The molecule has 0 bridgehead atoms. The second-order valence-electron chi connectivity index (χ2n) is 4.98. The zero-order chi connectivity index (χ0) is 15.2. The van der Waals surface area contributed by atoms with Crippen LogP contribution in [-0.4, -0.2) is 18.6 Å². The highest BCUT2D eigenvalue weighted by Crippen LogP contribution is 2.27. The van der Waals surface area contributed by atoms with E-state index in [1.165, 1.54) is 5.56 Å². The predicted molar refractivity (Wildman–Crippen MR) is 89.8 cm³/mol. The fourth-order valence-corrected chi connectivity index (χ4v) is 2.75. The second kappa shape index (κ2) is 7.57. The molecule has 0 saturated carbocycles. The van der Waals surface area contributed by atoms with Gasteiger partial charge in [0.05, 0.1) is 18.8 Å². The lowest BCUT2D eigenvalue weighted by atomic mass is 10.0. The Labute approximate surface area is 134 Å². The number of hydrogen-bond acceptors (Lipinski definition) is 3. The lowest BCUT2D eigenvalue weighted by Gasteiger charge is -2.19. The Hall–Kier alpha value is -1.39. The first-order valence-corrected chi connectivity index (χ1v) is 7.92. The molecule has 1 atom stereocenters. The van der Waals surface area contributed by atoms with Gasteiger partial charge in [0.2, 0.25) is 0 Å². The van der Waals surface area contributed by atoms with Crippen molar-refractivity contribution < 1.29 is 4.74 Å². The highest BCUT2D eigenvalue weighted by atomic mass is 79.9. The Morgan fingerprint density at radius 2 is 2.10 bits per heavy atom. The van der Waals surface area contributed by atoms with E-state index in [-0.39, 0.29) is 6.04 Å². The van der Waals surface area contributed by atoms with E-state index in [0.717, 1.165) is 34.6 Å². The third kappa shape index (κ3) is 4.29. The molecule has 0 saturated heterocycles. The number of halogens is 1. The van der Waals surface area contributed by atoms with Crippen molar-refractivity contribution in [1.82, 2.24) is 10.3 Å². The van der Waals surface area contributed by atoms with Crippen molar-refractivity contribution >= 4 is 15.9 Å². The smallest absolute Gasteiger partial charge is 0.119 e. The van der Waals surface area contributed by atoms with Gasteiger partial charge in [-0.05, 0) is 55.8 Å². The SMILES string of the molecule is CCNC(Cc1cc(OC)ccc1Br)c1cccc(C)n1. The molecule has 4 heteroatoms. The standard InChI is InChI=1S/C17H21BrN2O/c1-4-19-17(16-7-5-6-12(2)20-16)11-13-10-14(21-3)8-9-15(13)18/h5-10,17,19H,4,11H2,1-3H3. The molecule has 0 fully saturated rings. The molecular formula is C17H21BrN2O. The van der Waals surface area contributed by atoms with E-state index in [2.05, 4.69) is 51.4 Å². The predicted octanol–water partition coefficient (Wildman–Crippen LogP) is 4.05. The number of nitrogens with one attached hydrogen (secondary N) is 1. The van der Waals surface area contributed by atoms with Crippen LogP contribution in [0.5, 0.6) is 5.75 Å². The van der Waals surface area contributed by atoms with Crippen LogP contribution in [0.1, 0.15) is 29.9 Å². The summed E-state index contributed by atoms with van der Waals surface area (Å²) < 4.78 is 6.42. The van der Waals surface area contributed by atoms with Crippen LogP contribution in [0.2, 0.25) is 0 Å². The molecular weight excluding hydrogens is 328 g/mol. The van der Waals surface area contributed by atoms with Gasteiger partial charge >= 0.3 is 0 Å². The monoisotopic (exact) mass is 348 g/mol. The summed E-state index contributed by atoms with van der Waals surface area (Å²) in [5.41, 5.74) is 3.33. The van der Waals surface area contributed by atoms with Crippen molar-refractivity contribution in [1.29, 1.82) is 0 Å². The van der Waals surface area contributed by atoms with E-state index in [1.54, 1.807) is 7.11 Å². The zero-order valence-corrected chi connectivity index (χ0v) is 14.3. The molecule has 21 heavy (non-hydrogen) atoms. The molecule has 0 aliphatic rings. The number of methoxy groups -OCH3 is 1. The minimum Gasteiger partial charge on any atom is -0.497 e. The Morgan fingerprint density at radius 1 is 1.29 bits per heavy atom. The van der Waals surface area contributed by atoms with Crippen molar-refractivity contribution in [3.63, 3.8) is 0 Å². The van der Waals surface area contributed by atoms with Crippen LogP contribution in [0, 0.1) is 6.92 Å². The van der Waals surface area contributed by atoms with E-state index in [0.29, 0.717) is 0 Å². The molecule has 1 aromatic carbocycles. The molecule has 1 heterocycles. The van der Waals surface area contributed by atoms with Gasteiger partial charge in [-0.15, -0.1) is 0 Å². The highest BCUT2D eigenvalue weighted by molar-refractivity contribution is 9.10. The normalized spacial score (nSPS) is 12.2. The van der Waals surface area contributed by atoms with Crippen LogP contribution in [0.15, 0.2) is 40.9 Å². The van der Waals surface area contributed by atoms with Gasteiger partial charge < -0.3 is 10.1 Å². The van der Waals surface area contributed by atoms with Gasteiger partial charge in [0.1, 0.15) is 5.75 Å². The molecule has 0 spiro atoms. The van der Waals surface area contributed by atoms with Crippen LogP contribution < -0.4 is 10.1 Å². The van der Waals surface area contributed by atoms with E-state index < -0.39 is 0 Å². The number of nitrogens with zero attached hydrogens (tertiary/aromatic N) is 1. The third-order valence-electron chi connectivity index (χ3n) is 3.39. The highest BCUT2D eigenvalue weighted by Gasteiger charge is 2.15. The maximum Gasteiger partial charge on any atom is 0.119 e. The fraction of sp³-hybridized carbons (Fsp3) is 0.353. The van der Waals surface area contributed by atoms with Crippen LogP contribution >= 0.6 is 15.9 Å². The first-order chi connectivity index (χ1) is 10.1. The quantitative estimate of drug-likeness (QED) is 0.854. The lowest BCUT2D eigenvalue weighted by Crippen LogP contribution is -2.24. The van der Waals surface area contributed by atoms with Gasteiger partial charge in [-0.1, -0.05) is 28.9 Å². The first-order valence-electron chi connectivity index (χ1n) is 7.13. The minimum absolute atomic E-state index is 0.193. The van der Waals surface area contributed by atoms with Gasteiger partial charge in [-0.2, -0.15) is 0 Å². The van der Waals surface area contributed by atoms with Crippen molar-refractivity contribution in [2.45, 2.75) is 26.3 Å². The molecule has 0 aliphatic heterocycles. The summed E-state index contributed by atoms with van der Waals surface area (Å²) in [6, 6.07) is 12.4. The fourth-order valence-electron chi connectivity index (χ4n) is 2.34. The molecule has 112 valence electrons. The van der Waals surface area contributed by atoms with Gasteiger partial charge in [-0.25, -0.2) is 0 Å². The van der Waals surface area contributed by atoms with Crippen LogP contribution in [0.3, 0.4) is 0 Å². The number of pyridine rings is 1. The van der Waals surface area contributed by atoms with Gasteiger partial charge in [0.25, 0.3) is 0 Å². The number of hydrogen-bond donors (Lipinski definition) is 1.